The van der Waals surface area contributed by atoms with Crippen molar-refractivity contribution in [1.29, 1.82) is 5.41 Å². The second kappa shape index (κ2) is 7.45. The van der Waals surface area contributed by atoms with Crippen LogP contribution in [0.2, 0.25) is 0 Å². The van der Waals surface area contributed by atoms with Gasteiger partial charge in [0.1, 0.15) is 0 Å². The SMILES string of the molecule is C=CCN(C)/N=C\C(C(C)=N)=C(/C=C)NC. The lowest BCUT2D eigenvalue weighted by Crippen LogP contribution is -2.15. The molecule has 0 aliphatic rings. The number of hydrogen-bond donors (Lipinski definition) is 2. The molecular formula is C12H20N4. The van der Waals surface area contributed by atoms with Crippen LogP contribution in [0.15, 0.2) is 41.7 Å². The van der Waals surface area contributed by atoms with Gasteiger partial charge >= 0.3 is 0 Å². The summed E-state index contributed by atoms with van der Waals surface area (Å²) in [5, 5.41) is 16.6. The zero-order valence-electron chi connectivity index (χ0n) is 10.2. The number of hydrazone groups is 1. The topological polar surface area (TPSA) is 51.5 Å². The molecule has 0 aliphatic heterocycles. The molecule has 0 aliphatic carbocycles. The summed E-state index contributed by atoms with van der Waals surface area (Å²) in [4.78, 5) is 0. The van der Waals surface area contributed by atoms with Crippen molar-refractivity contribution >= 4 is 11.9 Å². The van der Waals surface area contributed by atoms with E-state index in [2.05, 4.69) is 23.6 Å². The third-order valence-corrected chi connectivity index (χ3v) is 1.94. The van der Waals surface area contributed by atoms with Gasteiger partial charge in [0, 0.05) is 31.1 Å². The lowest BCUT2D eigenvalue weighted by Gasteiger charge is -2.11. The summed E-state index contributed by atoms with van der Waals surface area (Å²) in [5.74, 6) is 0. The molecule has 0 rings (SSSR count). The maximum Gasteiger partial charge on any atom is 0.0581 e. The highest BCUT2D eigenvalue weighted by molar-refractivity contribution is 6.14. The van der Waals surface area contributed by atoms with Gasteiger partial charge in [-0.05, 0) is 13.0 Å². The van der Waals surface area contributed by atoms with Crippen molar-refractivity contribution in [2.75, 3.05) is 20.6 Å². The summed E-state index contributed by atoms with van der Waals surface area (Å²) in [6.45, 7) is 9.71. The van der Waals surface area contributed by atoms with Crippen molar-refractivity contribution in [1.82, 2.24) is 10.3 Å². The van der Waals surface area contributed by atoms with Crippen molar-refractivity contribution in [2.45, 2.75) is 6.92 Å². The van der Waals surface area contributed by atoms with E-state index in [1.165, 1.54) is 0 Å². The minimum absolute atomic E-state index is 0.444. The van der Waals surface area contributed by atoms with Gasteiger partial charge in [0.15, 0.2) is 0 Å². The van der Waals surface area contributed by atoms with Crippen molar-refractivity contribution in [3.63, 3.8) is 0 Å². The van der Waals surface area contributed by atoms with Crippen LogP contribution < -0.4 is 5.32 Å². The predicted octanol–water partition coefficient (Wildman–Crippen LogP) is 1.79. The molecule has 16 heavy (non-hydrogen) atoms. The largest absolute Gasteiger partial charge is 0.388 e. The minimum atomic E-state index is 0.444. The molecule has 0 atom stereocenters. The molecule has 4 nitrogen and oxygen atoms in total. The van der Waals surface area contributed by atoms with Crippen LogP contribution in [0.4, 0.5) is 0 Å². The highest BCUT2D eigenvalue weighted by Crippen LogP contribution is 2.02. The van der Waals surface area contributed by atoms with E-state index in [4.69, 9.17) is 5.41 Å². The fourth-order valence-corrected chi connectivity index (χ4v) is 1.11. The smallest absolute Gasteiger partial charge is 0.0581 e. The van der Waals surface area contributed by atoms with Crippen LogP contribution in [0.25, 0.3) is 0 Å². The first kappa shape index (κ1) is 14.2. The van der Waals surface area contributed by atoms with Crippen LogP contribution in [0, 0.1) is 5.41 Å². The first-order valence-electron chi connectivity index (χ1n) is 5.02. The van der Waals surface area contributed by atoms with E-state index in [0.717, 1.165) is 11.3 Å². The zero-order valence-corrected chi connectivity index (χ0v) is 10.2. The first-order valence-corrected chi connectivity index (χ1v) is 5.02. The summed E-state index contributed by atoms with van der Waals surface area (Å²) in [6, 6.07) is 0. The molecule has 0 aromatic rings. The Morgan fingerprint density at radius 1 is 1.50 bits per heavy atom. The number of rotatable bonds is 7. The maximum absolute atomic E-state index is 7.66. The number of nitrogens with one attached hydrogen (secondary N) is 2. The lowest BCUT2D eigenvalue weighted by molar-refractivity contribution is 0.397. The van der Waals surface area contributed by atoms with E-state index in [9.17, 15) is 0 Å². The minimum Gasteiger partial charge on any atom is -0.388 e. The van der Waals surface area contributed by atoms with Crippen molar-refractivity contribution in [2.24, 2.45) is 5.10 Å². The Balaban J connectivity index is 4.96. The molecule has 0 aromatic carbocycles. The molecule has 0 fully saturated rings. The summed E-state index contributed by atoms with van der Waals surface area (Å²) >= 11 is 0. The summed E-state index contributed by atoms with van der Waals surface area (Å²) in [7, 11) is 3.64. The summed E-state index contributed by atoms with van der Waals surface area (Å²) in [6.07, 6.45) is 5.09. The number of nitrogens with zero attached hydrogens (tertiary/aromatic N) is 2. The molecule has 0 radical (unpaired) electrons. The van der Waals surface area contributed by atoms with Gasteiger partial charge in [0.25, 0.3) is 0 Å². The van der Waals surface area contributed by atoms with E-state index in [1.807, 2.05) is 7.05 Å². The number of hydrogen-bond acceptors (Lipinski definition) is 4. The van der Waals surface area contributed by atoms with E-state index in [1.54, 1.807) is 37.3 Å². The highest BCUT2D eigenvalue weighted by Gasteiger charge is 2.02. The molecule has 0 aromatic heterocycles. The Morgan fingerprint density at radius 3 is 2.50 bits per heavy atom. The van der Waals surface area contributed by atoms with Crippen LogP contribution in [-0.4, -0.2) is 37.6 Å². The average Bonchev–Trinajstić information content (AvgIpc) is 2.24. The molecular weight excluding hydrogens is 200 g/mol. The van der Waals surface area contributed by atoms with Gasteiger partial charge in [0.2, 0.25) is 0 Å². The monoisotopic (exact) mass is 220 g/mol. The van der Waals surface area contributed by atoms with Crippen molar-refractivity contribution in [3.8, 4) is 0 Å². The lowest BCUT2D eigenvalue weighted by atomic mass is 10.1. The Kier molecular flexibility index (Phi) is 6.59. The normalized spacial score (nSPS) is 11.9. The van der Waals surface area contributed by atoms with E-state index in [0.29, 0.717) is 12.3 Å². The summed E-state index contributed by atoms with van der Waals surface area (Å²) < 4.78 is 0. The van der Waals surface area contributed by atoms with E-state index < -0.39 is 0 Å². The highest BCUT2D eigenvalue weighted by atomic mass is 15.4. The Morgan fingerprint density at radius 2 is 2.12 bits per heavy atom. The van der Waals surface area contributed by atoms with E-state index in [-0.39, 0.29) is 0 Å². The van der Waals surface area contributed by atoms with Crippen molar-refractivity contribution < 1.29 is 0 Å². The maximum atomic E-state index is 7.66. The molecule has 0 saturated heterocycles. The molecule has 0 heterocycles. The second-order valence-corrected chi connectivity index (χ2v) is 3.28. The molecule has 2 N–H and O–H groups in total. The Hall–Kier alpha value is -1.84. The van der Waals surface area contributed by atoms with Crippen LogP contribution in [0.5, 0.6) is 0 Å². The van der Waals surface area contributed by atoms with E-state index >= 15 is 0 Å². The first-order chi connectivity index (χ1) is 7.56. The number of likely N-dealkylation sites (N-methyl/N-ethyl adjacent to an activating group) is 2. The standard InChI is InChI=1S/C12H20N4/c1-6-8-16(5)15-9-11(10(3)13)12(7-2)14-4/h6-7,9,13-14H,1-2,8H2,3-5H3/b12-11-,13-10?,15-9-. The summed E-state index contributed by atoms with van der Waals surface area (Å²) in [5.41, 5.74) is 1.97. The second-order valence-electron chi connectivity index (χ2n) is 3.28. The van der Waals surface area contributed by atoms with Crippen LogP contribution in [0.3, 0.4) is 0 Å². The molecule has 0 spiro atoms. The Bertz CT molecular complexity index is 326. The molecule has 0 saturated carbocycles. The van der Waals surface area contributed by atoms with Crippen LogP contribution in [0.1, 0.15) is 6.92 Å². The fraction of sp³-hybridized carbons (Fsp3) is 0.333. The molecule has 0 bridgehead atoms. The van der Waals surface area contributed by atoms with Gasteiger partial charge in [0.05, 0.1) is 12.8 Å². The predicted molar refractivity (Wildman–Crippen MR) is 71.0 cm³/mol. The number of allylic oxidation sites excluding steroid dienone is 2. The van der Waals surface area contributed by atoms with Crippen molar-refractivity contribution in [3.05, 3.63) is 36.6 Å². The van der Waals surface area contributed by atoms with Gasteiger partial charge in [-0.1, -0.05) is 12.7 Å². The quantitative estimate of drug-likeness (QED) is 0.297. The van der Waals surface area contributed by atoms with Gasteiger partial charge < -0.3 is 10.7 Å². The molecule has 0 unspecified atom stereocenters. The van der Waals surface area contributed by atoms with Crippen LogP contribution in [-0.2, 0) is 0 Å². The zero-order chi connectivity index (χ0) is 12.6. The van der Waals surface area contributed by atoms with Gasteiger partial charge in [-0.25, -0.2) is 0 Å². The fourth-order valence-electron chi connectivity index (χ4n) is 1.11. The van der Waals surface area contributed by atoms with Gasteiger partial charge in [-0.15, -0.1) is 6.58 Å². The third kappa shape index (κ3) is 4.59. The molecule has 88 valence electrons. The van der Waals surface area contributed by atoms with Gasteiger partial charge in [-0.3, -0.25) is 5.01 Å². The Labute approximate surface area is 97.5 Å². The molecule has 4 heteroatoms. The van der Waals surface area contributed by atoms with Gasteiger partial charge in [-0.2, -0.15) is 5.10 Å². The van der Waals surface area contributed by atoms with Crippen LogP contribution >= 0.6 is 0 Å². The average molecular weight is 220 g/mol. The third-order valence-electron chi connectivity index (χ3n) is 1.94. The molecule has 0 amide bonds.